The summed E-state index contributed by atoms with van der Waals surface area (Å²) >= 11 is 0. The number of aliphatic hydroxyl groups is 4. The molecular weight excluding hydrogens is 834 g/mol. The number of phosphoric ester groups is 2. The van der Waals surface area contributed by atoms with Crippen LogP contribution in [0.1, 0.15) is 194 Å². The van der Waals surface area contributed by atoms with Gasteiger partial charge in [-0.3, -0.25) is 23.2 Å². The molecule has 1 saturated carbocycles. The predicted molar refractivity (Wildman–Crippen MR) is 232 cm³/mol. The maximum absolute atomic E-state index is 13.0. The van der Waals surface area contributed by atoms with Crippen LogP contribution < -0.4 is 0 Å². The van der Waals surface area contributed by atoms with Crippen LogP contribution in [0.2, 0.25) is 0 Å². The predicted octanol–water partition coefficient (Wildman–Crippen LogP) is 8.40. The van der Waals surface area contributed by atoms with E-state index in [0.29, 0.717) is 12.8 Å². The molecule has 16 nitrogen and oxygen atoms in total. The average Bonchev–Trinajstić information content (AvgIpc) is 3.21. The number of aliphatic hydroxyl groups excluding tert-OH is 4. The monoisotopic (exact) mass is 917 g/mol. The summed E-state index contributed by atoms with van der Waals surface area (Å²) in [5.41, 5.74) is 0. The lowest BCUT2D eigenvalue weighted by atomic mass is 9.85. The molecular formula is C43H82O16P2. The second-order valence-corrected chi connectivity index (χ2v) is 19.1. The molecule has 0 aliphatic heterocycles. The van der Waals surface area contributed by atoms with E-state index in [1.807, 2.05) is 0 Å². The van der Waals surface area contributed by atoms with Gasteiger partial charge in [0.1, 0.15) is 43.2 Å². The molecule has 0 radical (unpaired) electrons. The van der Waals surface area contributed by atoms with Crippen LogP contribution in [0, 0.1) is 0 Å². The molecule has 0 heterocycles. The SMILES string of the molecule is CCCCCCC=CCCCCCCCCCC(=O)OC(COC(=O)CCCCCCCCCCCCCCC)COP(=O)(O)OC1C(O)C(O)C(O)C(OP(=O)(O)O)C1O. The summed E-state index contributed by atoms with van der Waals surface area (Å²) in [7, 11) is -10.7. The lowest BCUT2D eigenvalue weighted by molar-refractivity contribution is -0.216. The first-order chi connectivity index (χ1) is 29.1. The third kappa shape index (κ3) is 29.7. The van der Waals surface area contributed by atoms with Gasteiger partial charge in [-0.05, 0) is 38.5 Å². The number of hydrogen-bond donors (Lipinski definition) is 7. The summed E-state index contributed by atoms with van der Waals surface area (Å²) in [5.74, 6) is -1.20. The van der Waals surface area contributed by atoms with Crippen LogP contribution in [0.4, 0.5) is 0 Å². The summed E-state index contributed by atoms with van der Waals surface area (Å²) in [6.45, 7) is 3.09. The molecule has 8 atom stereocenters. The van der Waals surface area contributed by atoms with Gasteiger partial charge in [0.15, 0.2) is 6.10 Å². The van der Waals surface area contributed by atoms with E-state index >= 15 is 0 Å². The van der Waals surface area contributed by atoms with E-state index in [4.69, 9.17) is 28.3 Å². The van der Waals surface area contributed by atoms with Crippen molar-refractivity contribution in [2.45, 2.75) is 236 Å². The number of carbonyl (C=O) groups is 2. The quantitative estimate of drug-likeness (QED) is 0.0132. The molecule has 1 rings (SSSR count). The van der Waals surface area contributed by atoms with Crippen molar-refractivity contribution in [3.63, 3.8) is 0 Å². The van der Waals surface area contributed by atoms with Gasteiger partial charge in [-0.2, -0.15) is 0 Å². The van der Waals surface area contributed by atoms with E-state index < -0.39 is 83.5 Å². The Bertz CT molecular complexity index is 1250. The first-order valence-electron chi connectivity index (χ1n) is 23.2. The molecule has 1 aliphatic carbocycles. The topological polar surface area (TPSA) is 256 Å². The Kier molecular flexibility index (Phi) is 33.2. The smallest absolute Gasteiger partial charge is 0.462 e. The maximum atomic E-state index is 13.0. The Hall–Kier alpha value is -1.26. The van der Waals surface area contributed by atoms with Gasteiger partial charge in [-0.15, -0.1) is 0 Å². The zero-order valence-electron chi connectivity index (χ0n) is 37.1. The summed E-state index contributed by atoms with van der Waals surface area (Å²) in [4.78, 5) is 54.2. The molecule has 0 amide bonds. The first kappa shape index (κ1) is 57.8. The van der Waals surface area contributed by atoms with Crippen molar-refractivity contribution in [3.8, 4) is 0 Å². The van der Waals surface area contributed by atoms with Crippen molar-refractivity contribution in [2.24, 2.45) is 0 Å². The van der Waals surface area contributed by atoms with Crippen LogP contribution in [0.25, 0.3) is 0 Å². The fourth-order valence-corrected chi connectivity index (χ4v) is 8.74. The van der Waals surface area contributed by atoms with Crippen LogP contribution in [0.3, 0.4) is 0 Å². The zero-order chi connectivity index (χ0) is 45.4. The van der Waals surface area contributed by atoms with Gasteiger partial charge < -0.3 is 44.6 Å². The minimum absolute atomic E-state index is 0.0430. The number of rotatable bonds is 39. The van der Waals surface area contributed by atoms with Crippen molar-refractivity contribution >= 4 is 27.6 Å². The summed E-state index contributed by atoms with van der Waals surface area (Å²) < 4.78 is 49.3. The van der Waals surface area contributed by atoms with E-state index in [1.54, 1.807) is 0 Å². The second-order valence-electron chi connectivity index (χ2n) is 16.5. The van der Waals surface area contributed by atoms with E-state index in [9.17, 15) is 44.0 Å². The fraction of sp³-hybridized carbons (Fsp3) is 0.907. The molecule has 0 aromatic carbocycles. The van der Waals surface area contributed by atoms with Gasteiger partial charge >= 0.3 is 27.6 Å². The molecule has 0 aromatic rings. The molecule has 18 heteroatoms. The van der Waals surface area contributed by atoms with Crippen molar-refractivity contribution in [1.82, 2.24) is 0 Å². The van der Waals surface area contributed by atoms with Crippen molar-refractivity contribution in [3.05, 3.63) is 12.2 Å². The highest BCUT2D eigenvalue weighted by molar-refractivity contribution is 7.47. The number of allylic oxidation sites excluding steroid dienone is 2. The van der Waals surface area contributed by atoms with Crippen LogP contribution in [0.5, 0.6) is 0 Å². The highest BCUT2D eigenvalue weighted by Gasteiger charge is 2.54. The Morgan fingerprint density at radius 3 is 1.36 bits per heavy atom. The van der Waals surface area contributed by atoms with E-state index in [-0.39, 0.29) is 12.8 Å². The summed E-state index contributed by atoms with van der Waals surface area (Å²) in [6.07, 6.45) is 18.9. The van der Waals surface area contributed by atoms with Crippen LogP contribution in [-0.2, 0) is 41.8 Å². The number of ether oxygens (including phenoxy) is 2. The van der Waals surface area contributed by atoms with E-state index in [0.717, 1.165) is 77.0 Å². The average molecular weight is 917 g/mol. The lowest BCUT2D eigenvalue weighted by Gasteiger charge is -2.43. The van der Waals surface area contributed by atoms with Crippen LogP contribution >= 0.6 is 15.6 Å². The molecule has 360 valence electrons. The van der Waals surface area contributed by atoms with Gasteiger partial charge in [0.25, 0.3) is 0 Å². The summed E-state index contributed by atoms with van der Waals surface area (Å²) in [5, 5.41) is 41.2. The Balaban J connectivity index is 2.60. The zero-order valence-corrected chi connectivity index (χ0v) is 38.9. The highest BCUT2D eigenvalue weighted by atomic mass is 31.2. The molecule has 0 saturated heterocycles. The van der Waals surface area contributed by atoms with Crippen molar-refractivity contribution in [1.29, 1.82) is 0 Å². The third-order valence-electron chi connectivity index (χ3n) is 10.8. The largest absolute Gasteiger partial charge is 0.472 e. The fourth-order valence-electron chi connectivity index (χ4n) is 7.20. The molecule has 0 spiro atoms. The van der Waals surface area contributed by atoms with E-state index in [1.165, 1.54) is 77.0 Å². The van der Waals surface area contributed by atoms with Gasteiger partial charge in [-0.1, -0.05) is 154 Å². The normalized spacial score (nSPS) is 22.3. The number of hydrogen-bond acceptors (Lipinski definition) is 13. The van der Waals surface area contributed by atoms with Gasteiger partial charge in [0.2, 0.25) is 0 Å². The standard InChI is InChI=1S/C43H82O16P2/c1-3-5-7-9-11-13-15-17-18-20-22-24-26-28-30-32-37(45)57-35(33-55-36(44)31-29-27-25-23-21-19-16-14-12-10-8-6-4-2)34-56-61(53,54)59-43-40(48)38(46)39(47)42(41(43)49)58-60(50,51)52/h13,15,35,38-43,46-49H,3-12,14,16-34H2,1-2H3,(H,53,54)(H2,50,51,52). The van der Waals surface area contributed by atoms with Crippen LogP contribution in [-0.4, -0.2) is 103 Å². The molecule has 8 unspecified atom stereocenters. The minimum atomic E-state index is -5.36. The molecule has 0 aromatic heterocycles. The first-order valence-corrected chi connectivity index (χ1v) is 26.3. The number of esters is 2. The Morgan fingerprint density at radius 2 is 0.902 bits per heavy atom. The summed E-state index contributed by atoms with van der Waals surface area (Å²) in [6, 6.07) is 0. The van der Waals surface area contributed by atoms with Crippen molar-refractivity contribution < 1.29 is 76.9 Å². The third-order valence-corrected chi connectivity index (χ3v) is 12.3. The Morgan fingerprint density at radius 1 is 0.508 bits per heavy atom. The second kappa shape index (κ2) is 35.1. The Labute approximate surface area is 365 Å². The molecule has 61 heavy (non-hydrogen) atoms. The molecule has 0 bridgehead atoms. The lowest BCUT2D eigenvalue weighted by Crippen LogP contribution is -2.64. The number of phosphoric acid groups is 2. The maximum Gasteiger partial charge on any atom is 0.472 e. The molecule has 1 aliphatic rings. The number of carbonyl (C=O) groups excluding carboxylic acids is 2. The highest BCUT2D eigenvalue weighted by Crippen LogP contribution is 2.49. The van der Waals surface area contributed by atoms with Gasteiger partial charge in [0, 0.05) is 12.8 Å². The molecule has 1 fully saturated rings. The minimum Gasteiger partial charge on any atom is -0.462 e. The van der Waals surface area contributed by atoms with Crippen LogP contribution in [0.15, 0.2) is 12.2 Å². The number of unbranched alkanes of at least 4 members (excludes halogenated alkanes) is 23. The molecule has 7 N–H and O–H groups in total. The van der Waals surface area contributed by atoms with Gasteiger partial charge in [-0.25, -0.2) is 9.13 Å². The van der Waals surface area contributed by atoms with E-state index in [2.05, 4.69) is 30.5 Å². The van der Waals surface area contributed by atoms with Gasteiger partial charge in [0.05, 0.1) is 6.61 Å². The van der Waals surface area contributed by atoms with Crippen molar-refractivity contribution in [2.75, 3.05) is 13.2 Å².